The minimum absolute atomic E-state index is 0.874. The first-order valence-electron chi connectivity index (χ1n) is 23.8. The van der Waals surface area contributed by atoms with Crippen LogP contribution in [-0.4, -0.2) is 108 Å². The molecular formula is C45H78N6. The summed E-state index contributed by atoms with van der Waals surface area (Å²) in [6.45, 7) is 7.63. The highest BCUT2D eigenvalue weighted by Gasteiger charge is 2.55. The minimum atomic E-state index is 0.874. The van der Waals surface area contributed by atoms with Crippen LogP contribution in [0.1, 0.15) is 154 Å². The summed E-state index contributed by atoms with van der Waals surface area (Å²) < 4.78 is 0. The maximum Gasteiger partial charge on any atom is 0.0157 e. The van der Waals surface area contributed by atoms with Crippen molar-refractivity contribution < 1.29 is 0 Å². The van der Waals surface area contributed by atoms with Crippen LogP contribution in [0, 0.1) is 35.5 Å². The zero-order valence-corrected chi connectivity index (χ0v) is 32.7. The molecule has 0 bridgehead atoms. The largest absolute Gasteiger partial charge is 0.316 e. The van der Waals surface area contributed by atoms with Gasteiger partial charge in [0.2, 0.25) is 0 Å². The fourth-order valence-corrected chi connectivity index (χ4v) is 16.3. The number of nitrogens with one attached hydrogen (secondary N) is 3. The Bertz CT molecular complexity index is 1080. The molecule has 5 aliphatic carbocycles. The lowest BCUT2D eigenvalue weighted by Crippen LogP contribution is -2.55. The number of hydrogen-bond donors (Lipinski definition) is 3. The highest BCUT2D eigenvalue weighted by Crippen LogP contribution is 2.52. The van der Waals surface area contributed by atoms with Crippen LogP contribution in [0.15, 0.2) is 0 Å². The Morgan fingerprint density at radius 2 is 0.765 bits per heavy atom. The maximum atomic E-state index is 3.94. The van der Waals surface area contributed by atoms with Gasteiger partial charge >= 0.3 is 0 Å². The molecule has 5 heterocycles. The Morgan fingerprint density at radius 3 is 1.22 bits per heavy atom. The van der Waals surface area contributed by atoms with Gasteiger partial charge in [-0.3, -0.25) is 14.7 Å². The smallest absolute Gasteiger partial charge is 0.0157 e. The molecule has 51 heavy (non-hydrogen) atoms. The van der Waals surface area contributed by atoms with Gasteiger partial charge in [0, 0.05) is 54.4 Å². The van der Waals surface area contributed by atoms with E-state index in [1.807, 2.05) is 0 Å². The topological polar surface area (TPSA) is 45.8 Å². The molecular weight excluding hydrogens is 625 g/mol. The van der Waals surface area contributed by atoms with E-state index in [9.17, 15) is 0 Å². The van der Waals surface area contributed by atoms with Crippen molar-refractivity contribution in [2.75, 3.05) is 39.3 Å². The van der Waals surface area contributed by atoms with Crippen molar-refractivity contribution in [2.45, 2.75) is 208 Å². The number of rotatable bonds is 6. The molecule has 6 heteroatoms. The van der Waals surface area contributed by atoms with Gasteiger partial charge in [-0.2, -0.15) is 0 Å². The Kier molecular flexibility index (Phi) is 10.8. The van der Waals surface area contributed by atoms with Crippen molar-refractivity contribution in [2.24, 2.45) is 35.5 Å². The predicted octanol–water partition coefficient (Wildman–Crippen LogP) is 7.17. The van der Waals surface area contributed by atoms with E-state index in [4.69, 9.17) is 0 Å². The fourth-order valence-electron chi connectivity index (χ4n) is 16.3. The summed E-state index contributed by atoms with van der Waals surface area (Å²) in [6, 6.07) is 8.00. The molecule has 10 fully saturated rings. The normalized spacial score (nSPS) is 47.8. The Hall–Kier alpha value is -0.240. The summed E-state index contributed by atoms with van der Waals surface area (Å²) >= 11 is 0. The second kappa shape index (κ2) is 15.7. The van der Waals surface area contributed by atoms with Crippen molar-refractivity contribution in [1.82, 2.24) is 30.7 Å². The molecule has 10 rings (SSSR count). The monoisotopic (exact) mass is 703 g/mol. The summed E-state index contributed by atoms with van der Waals surface area (Å²) in [4.78, 5) is 9.70. The summed E-state index contributed by atoms with van der Waals surface area (Å²) in [6.07, 6.45) is 35.9. The molecule has 0 aromatic carbocycles. The predicted molar refractivity (Wildman–Crippen MR) is 210 cm³/mol. The second-order valence-corrected chi connectivity index (χ2v) is 20.4. The third kappa shape index (κ3) is 6.74. The average Bonchev–Trinajstić information content (AvgIpc) is 3.72. The fraction of sp³-hybridized carbons (Fsp3) is 1.00. The van der Waals surface area contributed by atoms with E-state index in [0.717, 1.165) is 89.9 Å². The Balaban J connectivity index is 0.770. The first kappa shape index (κ1) is 35.2. The van der Waals surface area contributed by atoms with Crippen LogP contribution in [-0.2, 0) is 0 Å². The lowest BCUT2D eigenvalue weighted by atomic mass is 9.70. The van der Waals surface area contributed by atoms with Crippen LogP contribution in [0.5, 0.6) is 0 Å². The van der Waals surface area contributed by atoms with Crippen LogP contribution in [0.3, 0.4) is 0 Å². The molecule has 10 aliphatic rings. The summed E-state index contributed by atoms with van der Waals surface area (Å²) in [7, 11) is 0. The minimum Gasteiger partial charge on any atom is -0.316 e. The van der Waals surface area contributed by atoms with Crippen LogP contribution in [0.4, 0.5) is 0 Å². The van der Waals surface area contributed by atoms with E-state index in [-0.39, 0.29) is 0 Å². The standard InChI is InChI=1S/C45H78N6/c1-3-7-33(8-4-1)49(34-9-5-2-6-10-34)37-19-20-42-38(27-37)39-28-46-24-21-43(39)50(42)35-15-11-31(12-16-35)32-13-17-36(18-14-32)51-44-22-25-47-29-40(44)41-30-48-26-23-45(41)51/h31-48H,1-30H2. The molecule has 5 saturated carbocycles. The van der Waals surface area contributed by atoms with Crippen molar-refractivity contribution in [3.63, 3.8) is 0 Å². The zero-order valence-electron chi connectivity index (χ0n) is 32.7. The van der Waals surface area contributed by atoms with Gasteiger partial charge in [0.25, 0.3) is 0 Å². The van der Waals surface area contributed by atoms with Gasteiger partial charge in [-0.25, -0.2) is 0 Å². The van der Waals surface area contributed by atoms with E-state index in [0.29, 0.717) is 0 Å². The number of hydrogen-bond acceptors (Lipinski definition) is 6. The molecule has 0 radical (unpaired) electrons. The lowest BCUT2D eigenvalue weighted by molar-refractivity contribution is -0.00879. The molecule has 6 nitrogen and oxygen atoms in total. The molecule has 0 amide bonds. The number of likely N-dealkylation sites (tertiary alicyclic amines) is 2. The van der Waals surface area contributed by atoms with Crippen molar-refractivity contribution >= 4 is 0 Å². The Morgan fingerprint density at radius 1 is 0.353 bits per heavy atom. The summed E-state index contributed by atoms with van der Waals surface area (Å²) in [5, 5.41) is 11.5. The van der Waals surface area contributed by atoms with Crippen LogP contribution in [0.25, 0.3) is 0 Å². The molecule has 0 spiro atoms. The van der Waals surface area contributed by atoms with Crippen LogP contribution in [0.2, 0.25) is 0 Å². The van der Waals surface area contributed by atoms with E-state index < -0.39 is 0 Å². The van der Waals surface area contributed by atoms with Crippen LogP contribution >= 0.6 is 0 Å². The third-order valence-corrected chi connectivity index (χ3v) is 18.3. The molecule has 9 unspecified atom stereocenters. The molecule has 9 atom stereocenters. The van der Waals surface area contributed by atoms with Gasteiger partial charge in [-0.15, -0.1) is 0 Å². The van der Waals surface area contributed by atoms with Gasteiger partial charge < -0.3 is 16.0 Å². The lowest BCUT2D eigenvalue weighted by Gasteiger charge is -2.50. The molecule has 5 aliphatic heterocycles. The van der Waals surface area contributed by atoms with Gasteiger partial charge in [0.1, 0.15) is 0 Å². The highest BCUT2D eigenvalue weighted by atomic mass is 15.3. The second-order valence-electron chi connectivity index (χ2n) is 20.4. The number of piperidine rings is 3. The molecule has 3 N–H and O–H groups in total. The van der Waals surface area contributed by atoms with Crippen molar-refractivity contribution in [1.29, 1.82) is 0 Å². The average molecular weight is 703 g/mol. The zero-order chi connectivity index (χ0) is 33.7. The van der Waals surface area contributed by atoms with Gasteiger partial charge in [-0.1, -0.05) is 38.5 Å². The number of fused-ring (bicyclic) bond motifs is 6. The first-order valence-corrected chi connectivity index (χ1v) is 23.8. The summed E-state index contributed by atoms with van der Waals surface area (Å²) in [5.74, 6) is 5.72. The molecule has 5 saturated heterocycles. The van der Waals surface area contributed by atoms with Crippen molar-refractivity contribution in [3.8, 4) is 0 Å². The van der Waals surface area contributed by atoms with Crippen LogP contribution < -0.4 is 16.0 Å². The SMILES string of the molecule is C1CCC(N(C2CCCCC2)C2CCC3C(C2)C2CNCCC2N3C2CCC(C3CCC(N4C5CCNCC5C5CNCCC54)CC3)CC2)CC1. The van der Waals surface area contributed by atoms with E-state index in [2.05, 4.69) is 30.7 Å². The van der Waals surface area contributed by atoms with Gasteiger partial charge in [-0.05, 0) is 190 Å². The highest BCUT2D eigenvalue weighted by molar-refractivity contribution is 5.10. The molecule has 0 aromatic heterocycles. The summed E-state index contributed by atoms with van der Waals surface area (Å²) in [5.41, 5.74) is 0. The first-order chi connectivity index (χ1) is 25.3. The Labute approximate surface area is 313 Å². The van der Waals surface area contributed by atoms with Gasteiger partial charge in [0.05, 0.1) is 0 Å². The maximum absolute atomic E-state index is 3.94. The van der Waals surface area contributed by atoms with E-state index >= 15 is 0 Å². The number of nitrogens with zero attached hydrogens (tertiary/aromatic N) is 3. The van der Waals surface area contributed by atoms with Crippen molar-refractivity contribution in [3.05, 3.63) is 0 Å². The van der Waals surface area contributed by atoms with Gasteiger partial charge in [0.15, 0.2) is 0 Å². The van der Waals surface area contributed by atoms with E-state index in [1.165, 1.54) is 181 Å². The quantitative estimate of drug-likeness (QED) is 0.273. The molecule has 288 valence electrons. The van der Waals surface area contributed by atoms with E-state index in [1.54, 1.807) is 12.8 Å². The molecule has 0 aromatic rings. The third-order valence-electron chi connectivity index (χ3n) is 18.3.